The SMILES string of the molecule is Cc1c(OCCCn2ccnn2)ccc([C@H]2CCC[C@H]3CN(C(=O)c4ccc(C(F)(F)F)nc4)CCN32)c1C. The van der Waals surface area contributed by atoms with Crippen molar-refractivity contribution in [2.75, 3.05) is 26.2 Å². The second kappa shape index (κ2) is 11.3. The summed E-state index contributed by atoms with van der Waals surface area (Å²) < 4.78 is 46.4. The van der Waals surface area contributed by atoms with Crippen LogP contribution in [-0.4, -0.2) is 68.0 Å². The summed E-state index contributed by atoms with van der Waals surface area (Å²) in [6, 6.07) is 6.79. The first kappa shape index (κ1) is 27.1. The fraction of sp³-hybridized carbons (Fsp3) is 0.500. The molecule has 208 valence electrons. The molecule has 2 atom stereocenters. The summed E-state index contributed by atoms with van der Waals surface area (Å²) in [6.07, 6.45) is 3.92. The second-order valence-electron chi connectivity index (χ2n) is 10.3. The van der Waals surface area contributed by atoms with E-state index in [2.05, 4.69) is 46.2 Å². The predicted molar refractivity (Wildman–Crippen MR) is 138 cm³/mol. The largest absolute Gasteiger partial charge is 0.493 e. The van der Waals surface area contributed by atoms with Gasteiger partial charge in [-0.15, -0.1) is 5.10 Å². The molecule has 0 N–H and O–H groups in total. The molecule has 3 aromatic rings. The highest BCUT2D eigenvalue weighted by Gasteiger charge is 2.38. The lowest BCUT2D eigenvalue weighted by molar-refractivity contribution is -0.141. The maximum atomic E-state index is 13.1. The Bertz CT molecular complexity index is 1280. The molecule has 2 aliphatic heterocycles. The normalized spacial score (nSPS) is 20.1. The van der Waals surface area contributed by atoms with Crippen molar-refractivity contribution in [3.05, 3.63) is 70.8 Å². The van der Waals surface area contributed by atoms with Gasteiger partial charge in [0.15, 0.2) is 0 Å². The number of carbonyl (C=O) groups excluding carboxylic acids is 1. The summed E-state index contributed by atoms with van der Waals surface area (Å²) in [5, 5.41) is 7.79. The summed E-state index contributed by atoms with van der Waals surface area (Å²) in [7, 11) is 0. The number of fused-ring (bicyclic) bond motifs is 1. The third-order valence-electron chi connectivity index (χ3n) is 7.93. The molecule has 2 saturated heterocycles. The van der Waals surface area contributed by atoms with E-state index in [1.807, 2.05) is 6.20 Å². The van der Waals surface area contributed by atoms with Gasteiger partial charge in [0.2, 0.25) is 0 Å². The lowest BCUT2D eigenvalue weighted by Gasteiger charge is -2.48. The highest BCUT2D eigenvalue weighted by Crippen LogP contribution is 2.39. The van der Waals surface area contributed by atoms with E-state index in [-0.39, 0.29) is 23.6 Å². The van der Waals surface area contributed by atoms with E-state index >= 15 is 0 Å². The molecule has 2 fully saturated rings. The standard InChI is InChI=1S/C28H33F3N6O2/c1-19-20(2)25(39-16-4-12-36-13-11-33-34-36)9-8-23(19)24-6-3-5-22-18-35(14-15-37(22)24)27(38)21-7-10-26(32-17-21)28(29,30)31/h7-11,13,17,22,24H,3-6,12,14-16,18H2,1-2H3/t22-,24+/m0/s1. The number of hydrogen-bond acceptors (Lipinski definition) is 6. The molecule has 1 aromatic carbocycles. The fourth-order valence-electron chi connectivity index (χ4n) is 5.73. The minimum atomic E-state index is -4.52. The summed E-state index contributed by atoms with van der Waals surface area (Å²) >= 11 is 0. The van der Waals surface area contributed by atoms with Crippen molar-refractivity contribution in [1.82, 2.24) is 29.8 Å². The molecule has 1 amide bonds. The number of halogens is 3. The molecule has 5 rings (SSSR count). The molecule has 2 aromatic heterocycles. The highest BCUT2D eigenvalue weighted by molar-refractivity contribution is 5.94. The van der Waals surface area contributed by atoms with Crippen LogP contribution in [0.4, 0.5) is 13.2 Å². The molecule has 0 spiro atoms. The number of hydrogen-bond donors (Lipinski definition) is 0. The van der Waals surface area contributed by atoms with Crippen LogP contribution in [0.5, 0.6) is 5.75 Å². The van der Waals surface area contributed by atoms with Gasteiger partial charge in [0, 0.05) is 57.1 Å². The predicted octanol–water partition coefficient (Wildman–Crippen LogP) is 4.83. The molecule has 2 aliphatic rings. The van der Waals surface area contributed by atoms with Crippen LogP contribution in [0.1, 0.15) is 64.5 Å². The zero-order valence-corrected chi connectivity index (χ0v) is 22.2. The van der Waals surface area contributed by atoms with Crippen molar-refractivity contribution in [2.45, 2.75) is 64.3 Å². The summed E-state index contributed by atoms with van der Waals surface area (Å²) in [5.41, 5.74) is 2.85. The van der Waals surface area contributed by atoms with Gasteiger partial charge in [0.25, 0.3) is 5.91 Å². The molecular weight excluding hydrogens is 509 g/mol. The van der Waals surface area contributed by atoms with Crippen molar-refractivity contribution in [1.29, 1.82) is 0 Å². The fourth-order valence-corrected chi connectivity index (χ4v) is 5.73. The van der Waals surface area contributed by atoms with Gasteiger partial charge in [0.1, 0.15) is 11.4 Å². The molecule has 8 nitrogen and oxygen atoms in total. The van der Waals surface area contributed by atoms with Crippen molar-refractivity contribution >= 4 is 5.91 Å². The Labute approximate surface area is 225 Å². The Kier molecular flexibility index (Phi) is 7.88. The van der Waals surface area contributed by atoms with E-state index in [4.69, 9.17) is 4.74 Å². The highest BCUT2D eigenvalue weighted by atomic mass is 19.4. The number of amides is 1. The summed E-state index contributed by atoms with van der Waals surface area (Å²) in [6.45, 7) is 7.39. The molecule has 0 aliphatic carbocycles. The van der Waals surface area contributed by atoms with Gasteiger partial charge >= 0.3 is 6.18 Å². The van der Waals surface area contributed by atoms with Gasteiger partial charge < -0.3 is 9.64 Å². The average molecular weight is 543 g/mol. The van der Waals surface area contributed by atoms with Crippen LogP contribution in [0.3, 0.4) is 0 Å². The van der Waals surface area contributed by atoms with E-state index in [1.54, 1.807) is 15.8 Å². The number of carbonyl (C=O) groups is 1. The van der Waals surface area contributed by atoms with E-state index < -0.39 is 11.9 Å². The Hall–Kier alpha value is -3.47. The smallest absolute Gasteiger partial charge is 0.433 e. The quantitative estimate of drug-likeness (QED) is 0.398. The maximum absolute atomic E-state index is 13.1. The Morgan fingerprint density at radius 2 is 1.95 bits per heavy atom. The van der Waals surface area contributed by atoms with Crippen molar-refractivity contribution in [3.8, 4) is 5.75 Å². The Morgan fingerprint density at radius 1 is 1.10 bits per heavy atom. The molecular formula is C28H33F3N6O2. The monoisotopic (exact) mass is 542 g/mol. The van der Waals surface area contributed by atoms with Gasteiger partial charge in [-0.3, -0.25) is 19.4 Å². The second-order valence-corrected chi connectivity index (χ2v) is 10.3. The van der Waals surface area contributed by atoms with Crippen LogP contribution in [0.25, 0.3) is 0 Å². The third-order valence-corrected chi connectivity index (χ3v) is 7.93. The number of pyridine rings is 1. The number of alkyl halides is 3. The Balaban J connectivity index is 1.22. The molecule has 39 heavy (non-hydrogen) atoms. The van der Waals surface area contributed by atoms with Crippen molar-refractivity contribution < 1.29 is 22.7 Å². The van der Waals surface area contributed by atoms with Gasteiger partial charge in [-0.1, -0.05) is 11.3 Å². The zero-order chi connectivity index (χ0) is 27.6. The van der Waals surface area contributed by atoms with E-state index in [0.29, 0.717) is 26.2 Å². The molecule has 0 radical (unpaired) electrons. The van der Waals surface area contributed by atoms with Crippen LogP contribution < -0.4 is 4.74 Å². The van der Waals surface area contributed by atoms with Gasteiger partial charge in [-0.05, 0) is 68.0 Å². The number of piperazine rings is 1. The number of aromatic nitrogens is 4. The third kappa shape index (κ3) is 5.93. The summed E-state index contributed by atoms with van der Waals surface area (Å²) in [4.78, 5) is 20.8. The Morgan fingerprint density at radius 3 is 2.67 bits per heavy atom. The molecule has 0 saturated carbocycles. The first-order valence-corrected chi connectivity index (χ1v) is 13.4. The first-order chi connectivity index (χ1) is 18.7. The summed E-state index contributed by atoms with van der Waals surface area (Å²) in [5.74, 6) is 0.623. The van der Waals surface area contributed by atoms with Gasteiger partial charge in [-0.25, -0.2) is 0 Å². The lowest BCUT2D eigenvalue weighted by Crippen LogP contribution is -2.57. The number of aryl methyl sites for hydroxylation is 1. The topological polar surface area (TPSA) is 76.4 Å². The number of benzene rings is 1. The number of rotatable bonds is 7. The number of ether oxygens (including phenoxy) is 1. The van der Waals surface area contributed by atoms with Crippen LogP contribution in [0.2, 0.25) is 0 Å². The van der Waals surface area contributed by atoms with Crippen LogP contribution in [-0.2, 0) is 12.7 Å². The van der Waals surface area contributed by atoms with Crippen LogP contribution >= 0.6 is 0 Å². The zero-order valence-electron chi connectivity index (χ0n) is 22.2. The molecule has 0 unspecified atom stereocenters. The van der Waals surface area contributed by atoms with E-state index in [9.17, 15) is 18.0 Å². The van der Waals surface area contributed by atoms with Crippen molar-refractivity contribution in [2.24, 2.45) is 0 Å². The molecule has 0 bridgehead atoms. The number of nitrogens with zero attached hydrogens (tertiary/aromatic N) is 6. The first-order valence-electron chi connectivity index (χ1n) is 13.4. The number of piperidine rings is 1. The maximum Gasteiger partial charge on any atom is 0.433 e. The average Bonchev–Trinajstić information content (AvgIpc) is 3.46. The molecule has 4 heterocycles. The van der Waals surface area contributed by atoms with E-state index in [0.717, 1.165) is 55.8 Å². The minimum Gasteiger partial charge on any atom is -0.493 e. The van der Waals surface area contributed by atoms with Gasteiger partial charge in [0.05, 0.1) is 18.4 Å². The van der Waals surface area contributed by atoms with E-state index in [1.165, 1.54) is 17.2 Å². The lowest BCUT2D eigenvalue weighted by atomic mass is 9.86. The van der Waals surface area contributed by atoms with Gasteiger partial charge in [-0.2, -0.15) is 13.2 Å². The molecule has 11 heteroatoms. The minimum absolute atomic E-state index is 0.187. The van der Waals surface area contributed by atoms with Crippen molar-refractivity contribution in [3.63, 3.8) is 0 Å². The van der Waals surface area contributed by atoms with Crippen LogP contribution in [0, 0.1) is 13.8 Å². The van der Waals surface area contributed by atoms with Crippen LogP contribution in [0.15, 0.2) is 42.9 Å².